The van der Waals surface area contributed by atoms with Gasteiger partial charge in [-0.25, -0.2) is 9.07 Å². The molecular formula is C32H33FN4O3S. The Balaban J connectivity index is 1.76. The standard InChI is InChI=1S/C32H33FN4O3S/c1-20(2)21(3)34-27(38)18-36-28(39)19-41-31(25-12-8-9-13-26(25)33)29-30(22-10-6-5-7-11-22)35-37(32(29)36)23-14-16-24(40-4)17-15-23/h5-17,20-21,31H,18-19H2,1-4H3,(H,34,38). The van der Waals surface area contributed by atoms with Gasteiger partial charge in [0.05, 0.1) is 29.5 Å². The number of carbonyl (C=O) groups is 2. The van der Waals surface area contributed by atoms with Crippen LogP contribution in [-0.4, -0.2) is 47.0 Å². The van der Waals surface area contributed by atoms with E-state index in [1.54, 1.807) is 30.0 Å². The number of ether oxygens (including phenoxy) is 1. The number of fused-ring (bicyclic) bond motifs is 1. The monoisotopic (exact) mass is 572 g/mol. The molecule has 7 nitrogen and oxygen atoms in total. The second kappa shape index (κ2) is 12.2. The van der Waals surface area contributed by atoms with Gasteiger partial charge >= 0.3 is 0 Å². The second-order valence-corrected chi connectivity index (χ2v) is 11.4. The van der Waals surface area contributed by atoms with Crippen molar-refractivity contribution >= 4 is 29.4 Å². The minimum Gasteiger partial charge on any atom is -0.497 e. The van der Waals surface area contributed by atoms with Gasteiger partial charge in [-0.2, -0.15) is 5.10 Å². The van der Waals surface area contributed by atoms with E-state index in [0.29, 0.717) is 34.1 Å². The highest BCUT2D eigenvalue weighted by molar-refractivity contribution is 8.00. The highest BCUT2D eigenvalue weighted by Crippen LogP contribution is 2.49. The number of amides is 2. The lowest BCUT2D eigenvalue weighted by Gasteiger charge is -2.25. The summed E-state index contributed by atoms with van der Waals surface area (Å²) in [6.07, 6.45) is 0. The van der Waals surface area contributed by atoms with Crippen LogP contribution in [-0.2, 0) is 9.59 Å². The van der Waals surface area contributed by atoms with Crippen LogP contribution in [0.25, 0.3) is 16.9 Å². The molecule has 0 radical (unpaired) electrons. The van der Waals surface area contributed by atoms with Gasteiger partial charge in [-0.05, 0) is 43.2 Å². The molecule has 4 aromatic rings. The van der Waals surface area contributed by atoms with Crippen molar-refractivity contribution in [3.05, 3.63) is 95.8 Å². The predicted octanol–water partition coefficient (Wildman–Crippen LogP) is 6.02. The van der Waals surface area contributed by atoms with Crippen LogP contribution in [0.15, 0.2) is 78.9 Å². The zero-order valence-electron chi connectivity index (χ0n) is 23.5. The fraction of sp³-hybridized carbons (Fsp3) is 0.281. The van der Waals surface area contributed by atoms with Crippen LogP contribution in [0.3, 0.4) is 0 Å². The van der Waals surface area contributed by atoms with E-state index in [9.17, 15) is 9.59 Å². The number of nitrogens with one attached hydrogen (secondary N) is 1. The van der Waals surface area contributed by atoms with E-state index in [2.05, 4.69) is 5.32 Å². The minimum absolute atomic E-state index is 0.0670. The third kappa shape index (κ3) is 5.86. The van der Waals surface area contributed by atoms with E-state index in [-0.39, 0.29) is 41.9 Å². The van der Waals surface area contributed by atoms with Crippen LogP contribution in [0.2, 0.25) is 0 Å². The molecule has 9 heteroatoms. The molecule has 5 rings (SSSR count). The normalized spacial score (nSPS) is 15.8. The number of aromatic nitrogens is 2. The topological polar surface area (TPSA) is 76.5 Å². The van der Waals surface area contributed by atoms with Crippen LogP contribution in [0.5, 0.6) is 5.75 Å². The summed E-state index contributed by atoms with van der Waals surface area (Å²) < 4.78 is 22.4. The number of methoxy groups -OCH3 is 1. The highest BCUT2D eigenvalue weighted by Gasteiger charge is 2.38. The average Bonchev–Trinajstić information content (AvgIpc) is 3.31. The Morgan fingerprint density at radius 1 is 1.05 bits per heavy atom. The summed E-state index contributed by atoms with van der Waals surface area (Å²) in [6, 6.07) is 23.5. The summed E-state index contributed by atoms with van der Waals surface area (Å²) in [5.41, 5.74) is 3.26. The van der Waals surface area contributed by atoms with Gasteiger partial charge in [0.15, 0.2) is 0 Å². The van der Waals surface area contributed by atoms with Crippen LogP contribution in [0.4, 0.5) is 10.2 Å². The first kappa shape index (κ1) is 28.4. The lowest BCUT2D eigenvalue weighted by Crippen LogP contribution is -2.46. The third-order valence-electron chi connectivity index (χ3n) is 7.33. The Labute approximate surface area is 243 Å². The van der Waals surface area contributed by atoms with Crippen molar-refractivity contribution in [3.8, 4) is 22.7 Å². The van der Waals surface area contributed by atoms with E-state index in [0.717, 1.165) is 5.56 Å². The smallest absolute Gasteiger partial charge is 0.240 e. The number of rotatable bonds is 8. The van der Waals surface area contributed by atoms with Crippen LogP contribution >= 0.6 is 11.8 Å². The Morgan fingerprint density at radius 2 is 1.73 bits per heavy atom. The lowest BCUT2D eigenvalue weighted by molar-refractivity contribution is -0.123. The van der Waals surface area contributed by atoms with Crippen LogP contribution < -0.4 is 15.0 Å². The number of thioether (sulfide) groups is 1. The molecule has 1 aromatic heterocycles. The number of hydrogen-bond acceptors (Lipinski definition) is 5. The van der Waals surface area contributed by atoms with E-state index in [1.807, 2.05) is 75.4 Å². The molecular weight excluding hydrogens is 539 g/mol. The maximum absolute atomic E-state index is 15.4. The molecule has 2 atom stereocenters. The molecule has 1 N–H and O–H groups in total. The first-order chi connectivity index (χ1) is 19.8. The Kier molecular flexibility index (Phi) is 8.44. The van der Waals surface area contributed by atoms with Gasteiger partial charge in [0.1, 0.15) is 23.9 Å². The van der Waals surface area contributed by atoms with Gasteiger partial charge in [-0.3, -0.25) is 14.5 Å². The van der Waals surface area contributed by atoms with Crippen molar-refractivity contribution in [1.29, 1.82) is 0 Å². The quantitative estimate of drug-likeness (QED) is 0.280. The van der Waals surface area contributed by atoms with Crippen molar-refractivity contribution in [1.82, 2.24) is 15.1 Å². The number of benzene rings is 3. The maximum Gasteiger partial charge on any atom is 0.240 e. The molecule has 41 heavy (non-hydrogen) atoms. The zero-order valence-corrected chi connectivity index (χ0v) is 24.3. The summed E-state index contributed by atoms with van der Waals surface area (Å²) >= 11 is 1.34. The van der Waals surface area contributed by atoms with Crippen molar-refractivity contribution in [2.45, 2.75) is 32.1 Å². The molecule has 0 fully saturated rings. The summed E-state index contributed by atoms with van der Waals surface area (Å²) in [5.74, 6) is 0.522. The first-order valence-electron chi connectivity index (χ1n) is 13.6. The van der Waals surface area contributed by atoms with E-state index in [4.69, 9.17) is 9.84 Å². The van der Waals surface area contributed by atoms with Gasteiger partial charge in [-0.1, -0.05) is 62.4 Å². The predicted molar refractivity (Wildman–Crippen MR) is 161 cm³/mol. The molecule has 1 aliphatic heterocycles. The Bertz CT molecular complexity index is 1540. The molecule has 2 heterocycles. The molecule has 2 unspecified atom stereocenters. The summed E-state index contributed by atoms with van der Waals surface area (Å²) in [5, 5.41) is 7.51. The molecule has 0 saturated carbocycles. The summed E-state index contributed by atoms with van der Waals surface area (Å²) in [4.78, 5) is 28.6. The zero-order chi connectivity index (χ0) is 29.1. The van der Waals surface area contributed by atoms with E-state index < -0.39 is 5.25 Å². The van der Waals surface area contributed by atoms with Crippen molar-refractivity contribution in [2.75, 3.05) is 24.3 Å². The number of nitrogens with zero attached hydrogens (tertiary/aromatic N) is 3. The fourth-order valence-corrected chi connectivity index (χ4v) is 5.99. The molecule has 0 aliphatic carbocycles. The average molecular weight is 573 g/mol. The lowest BCUT2D eigenvalue weighted by atomic mass is 9.99. The van der Waals surface area contributed by atoms with Gasteiger partial charge in [0.25, 0.3) is 0 Å². The molecule has 2 amide bonds. The second-order valence-electron chi connectivity index (χ2n) is 10.4. The van der Waals surface area contributed by atoms with Gasteiger partial charge in [-0.15, -0.1) is 11.8 Å². The third-order valence-corrected chi connectivity index (χ3v) is 8.57. The molecule has 3 aromatic carbocycles. The Morgan fingerprint density at radius 3 is 2.39 bits per heavy atom. The molecule has 212 valence electrons. The SMILES string of the molecule is COc1ccc(-n2nc(-c3ccccc3)c3c2N(CC(=O)NC(C)C(C)C)C(=O)CSC3c2ccccc2F)cc1. The van der Waals surface area contributed by atoms with E-state index >= 15 is 4.39 Å². The van der Waals surface area contributed by atoms with Crippen LogP contribution in [0, 0.1) is 11.7 Å². The number of carbonyl (C=O) groups excluding carboxylic acids is 2. The van der Waals surface area contributed by atoms with Gasteiger partial charge in [0.2, 0.25) is 11.8 Å². The molecule has 0 spiro atoms. The number of halogens is 1. The molecule has 0 saturated heterocycles. The van der Waals surface area contributed by atoms with Crippen LogP contribution in [0.1, 0.15) is 37.1 Å². The highest BCUT2D eigenvalue weighted by atomic mass is 32.2. The molecule has 1 aliphatic rings. The van der Waals surface area contributed by atoms with Crippen molar-refractivity contribution in [2.24, 2.45) is 5.92 Å². The number of anilines is 1. The van der Waals surface area contributed by atoms with Gasteiger partial charge < -0.3 is 10.1 Å². The van der Waals surface area contributed by atoms with Crippen molar-refractivity contribution in [3.63, 3.8) is 0 Å². The van der Waals surface area contributed by atoms with Gasteiger partial charge in [0, 0.05) is 22.7 Å². The Hall–Kier alpha value is -4.11. The molecule has 0 bridgehead atoms. The minimum atomic E-state index is -0.542. The summed E-state index contributed by atoms with van der Waals surface area (Å²) in [7, 11) is 1.59. The van der Waals surface area contributed by atoms with E-state index in [1.165, 1.54) is 22.7 Å². The largest absolute Gasteiger partial charge is 0.497 e. The maximum atomic E-state index is 15.4. The van der Waals surface area contributed by atoms with Crippen molar-refractivity contribution < 1.29 is 18.7 Å². The fourth-order valence-electron chi connectivity index (χ4n) is 4.78. The number of hydrogen-bond donors (Lipinski definition) is 1. The first-order valence-corrected chi connectivity index (χ1v) is 14.6. The summed E-state index contributed by atoms with van der Waals surface area (Å²) in [6.45, 7) is 5.81.